The quantitative estimate of drug-likeness (QED) is 0.631. The van der Waals surface area contributed by atoms with Gasteiger partial charge in [-0.1, -0.05) is 24.1 Å². The predicted octanol–water partition coefficient (Wildman–Crippen LogP) is 1.56. The van der Waals surface area contributed by atoms with Crippen molar-refractivity contribution in [3.05, 3.63) is 38.9 Å². The highest BCUT2D eigenvalue weighted by Gasteiger charge is 2.32. The Labute approximate surface area is 132 Å². The first-order valence-corrected chi connectivity index (χ1v) is 7.27. The maximum absolute atomic E-state index is 12.1. The van der Waals surface area contributed by atoms with E-state index in [0.29, 0.717) is 18.4 Å². The van der Waals surface area contributed by atoms with Gasteiger partial charge in [0.05, 0.1) is 22.3 Å². The lowest BCUT2D eigenvalue weighted by Crippen LogP contribution is -2.42. The van der Waals surface area contributed by atoms with Crippen LogP contribution in [0.25, 0.3) is 0 Å². The van der Waals surface area contributed by atoms with Crippen molar-refractivity contribution in [2.75, 3.05) is 0 Å². The molecule has 118 valence electrons. The van der Waals surface area contributed by atoms with Gasteiger partial charge in [-0.15, -0.1) is 0 Å². The number of halogens is 1. The van der Waals surface area contributed by atoms with Crippen molar-refractivity contribution in [3.63, 3.8) is 0 Å². The van der Waals surface area contributed by atoms with Gasteiger partial charge >= 0.3 is 0 Å². The second-order valence-electron chi connectivity index (χ2n) is 5.32. The number of non-ortho nitro benzene ring substituents is 1. The highest BCUT2D eigenvalue weighted by Crippen LogP contribution is 2.26. The Balaban J connectivity index is 2.00. The Morgan fingerprint density at radius 3 is 2.73 bits per heavy atom. The summed E-state index contributed by atoms with van der Waals surface area (Å²) >= 11 is 5.95. The number of nitrogens with zero attached hydrogens (tertiary/aromatic N) is 1. The number of hydrogen-bond donors (Lipinski definition) is 2. The van der Waals surface area contributed by atoms with Gasteiger partial charge in [0.25, 0.3) is 5.69 Å². The lowest BCUT2D eigenvalue weighted by atomic mass is 10.0. The largest absolute Gasteiger partial charge is 0.369 e. The van der Waals surface area contributed by atoms with E-state index in [1.807, 2.05) is 0 Å². The number of amides is 2. The van der Waals surface area contributed by atoms with E-state index in [2.05, 4.69) is 5.32 Å². The molecule has 8 heteroatoms. The van der Waals surface area contributed by atoms with E-state index in [0.717, 1.165) is 6.42 Å². The van der Waals surface area contributed by atoms with Crippen LogP contribution in [0.1, 0.15) is 24.8 Å². The van der Waals surface area contributed by atoms with E-state index in [9.17, 15) is 19.7 Å². The Morgan fingerprint density at radius 2 is 2.14 bits per heavy atom. The molecule has 2 rings (SSSR count). The number of carbonyl (C=O) groups excluding carboxylic acids is 2. The van der Waals surface area contributed by atoms with Crippen molar-refractivity contribution in [1.29, 1.82) is 0 Å². The zero-order chi connectivity index (χ0) is 16.3. The van der Waals surface area contributed by atoms with Crippen molar-refractivity contribution in [2.45, 2.75) is 31.7 Å². The molecular weight excluding hydrogens is 310 g/mol. The molecule has 0 radical (unpaired) electrons. The van der Waals surface area contributed by atoms with E-state index in [4.69, 9.17) is 17.3 Å². The summed E-state index contributed by atoms with van der Waals surface area (Å²) in [6, 6.07) is 3.73. The van der Waals surface area contributed by atoms with Crippen molar-refractivity contribution >= 4 is 29.1 Å². The highest BCUT2D eigenvalue weighted by molar-refractivity contribution is 6.31. The first-order chi connectivity index (χ1) is 10.4. The van der Waals surface area contributed by atoms with Gasteiger partial charge < -0.3 is 11.1 Å². The maximum Gasteiger partial charge on any atom is 0.270 e. The number of nitrogens with two attached hydrogens (primary N) is 1. The summed E-state index contributed by atoms with van der Waals surface area (Å²) < 4.78 is 0. The van der Waals surface area contributed by atoms with Gasteiger partial charge in [-0.2, -0.15) is 0 Å². The van der Waals surface area contributed by atoms with Crippen LogP contribution in [0.2, 0.25) is 5.02 Å². The first kappa shape index (κ1) is 16.2. The molecule has 2 amide bonds. The number of nitro groups is 1. The monoisotopic (exact) mass is 325 g/mol. The number of nitro benzene ring substituents is 1. The van der Waals surface area contributed by atoms with Crippen molar-refractivity contribution < 1.29 is 14.5 Å². The molecule has 0 aliphatic heterocycles. The molecule has 2 unspecified atom stereocenters. The third-order valence-corrected chi connectivity index (χ3v) is 4.18. The highest BCUT2D eigenvalue weighted by atomic mass is 35.5. The van der Waals surface area contributed by atoms with Crippen LogP contribution in [0.15, 0.2) is 18.2 Å². The average molecular weight is 326 g/mol. The van der Waals surface area contributed by atoms with Gasteiger partial charge in [0.1, 0.15) is 0 Å². The molecule has 1 fully saturated rings. The minimum Gasteiger partial charge on any atom is -0.369 e. The second kappa shape index (κ2) is 6.74. The summed E-state index contributed by atoms with van der Waals surface area (Å²) in [5.74, 6) is -1.03. The topological polar surface area (TPSA) is 115 Å². The van der Waals surface area contributed by atoms with Crippen molar-refractivity contribution in [3.8, 4) is 0 Å². The van der Waals surface area contributed by atoms with E-state index >= 15 is 0 Å². The summed E-state index contributed by atoms with van der Waals surface area (Å²) in [6.45, 7) is 0. The number of nitrogens with one attached hydrogen (secondary N) is 1. The molecular formula is C14H16ClN3O4. The molecule has 1 aromatic rings. The van der Waals surface area contributed by atoms with E-state index in [1.165, 1.54) is 18.2 Å². The summed E-state index contributed by atoms with van der Waals surface area (Å²) in [6.07, 6.45) is 2.24. The van der Waals surface area contributed by atoms with Gasteiger partial charge in [0.15, 0.2) is 0 Å². The number of primary amides is 1. The Hall–Kier alpha value is -2.15. The van der Waals surface area contributed by atoms with Gasteiger partial charge in [-0.25, -0.2) is 0 Å². The zero-order valence-corrected chi connectivity index (χ0v) is 12.5. The lowest BCUT2D eigenvalue weighted by Gasteiger charge is -2.18. The van der Waals surface area contributed by atoms with Crippen LogP contribution < -0.4 is 11.1 Å². The Kier molecular flexibility index (Phi) is 4.97. The number of hydrogen-bond acceptors (Lipinski definition) is 4. The number of benzene rings is 1. The summed E-state index contributed by atoms with van der Waals surface area (Å²) in [4.78, 5) is 33.4. The summed E-state index contributed by atoms with van der Waals surface area (Å²) in [5.41, 5.74) is 5.68. The van der Waals surface area contributed by atoms with Crippen LogP contribution in [-0.4, -0.2) is 22.8 Å². The third-order valence-electron chi connectivity index (χ3n) is 3.83. The van der Waals surface area contributed by atoms with E-state index in [-0.39, 0.29) is 35.0 Å². The smallest absolute Gasteiger partial charge is 0.270 e. The second-order valence-corrected chi connectivity index (χ2v) is 5.73. The molecule has 1 aliphatic rings. The molecule has 7 nitrogen and oxygen atoms in total. The lowest BCUT2D eigenvalue weighted by molar-refractivity contribution is -0.384. The average Bonchev–Trinajstić information content (AvgIpc) is 2.89. The summed E-state index contributed by atoms with van der Waals surface area (Å²) in [7, 11) is 0. The molecule has 22 heavy (non-hydrogen) atoms. The third kappa shape index (κ3) is 3.73. The number of rotatable bonds is 5. The van der Waals surface area contributed by atoms with Crippen LogP contribution in [-0.2, 0) is 16.0 Å². The van der Waals surface area contributed by atoms with Gasteiger partial charge in [0, 0.05) is 18.2 Å². The minimum absolute atomic E-state index is 0.00118. The fourth-order valence-corrected chi connectivity index (χ4v) is 2.94. The molecule has 0 saturated heterocycles. The summed E-state index contributed by atoms with van der Waals surface area (Å²) in [5, 5.41) is 13.6. The molecule has 1 saturated carbocycles. The molecule has 1 aromatic carbocycles. The molecule has 0 aromatic heterocycles. The van der Waals surface area contributed by atoms with Crippen molar-refractivity contribution in [2.24, 2.45) is 11.7 Å². The Bertz CT molecular complexity index is 620. The van der Waals surface area contributed by atoms with Crippen LogP contribution in [0.3, 0.4) is 0 Å². The normalized spacial score (nSPS) is 20.6. The van der Waals surface area contributed by atoms with Crippen molar-refractivity contribution in [1.82, 2.24) is 5.32 Å². The zero-order valence-electron chi connectivity index (χ0n) is 11.8. The van der Waals surface area contributed by atoms with E-state index in [1.54, 1.807) is 0 Å². The Morgan fingerprint density at radius 1 is 1.41 bits per heavy atom. The maximum atomic E-state index is 12.1. The minimum atomic E-state index is -0.550. The molecule has 1 aliphatic carbocycles. The van der Waals surface area contributed by atoms with Crippen LogP contribution >= 0.6 is 11.6 Å². The molecule has 0 spiro atoms. The van der Waals surface area contributed by atoms with Crippen LogP contribution in [0.5, 0.6) is 0 Å². The standard InChI is InChI=1S/C14H16ClN3O4/c15-11-7-9(18(21)22)5-4-8(11)6-13(19)17-12-3-1-2-10(12)14(16)20/h4-5,7,10,12H,1-3,6H2,(H2,16,20)(H,17,19). The molecule has 3 N–H and O–H groups in total. The van der Waals surface area contributed by atoms with Gasteiger partial charge in [-0.05, 0) is 18.4 Å². The van der Waals surface area contributed by atoms with Gasteiger partial charge in [-0.3, -0.25) is 19.7 Å². The van der Waals surface area contributed by atoms with Crippen LogP contribution in [0, 0.1) is 16.0 Å². The number of carbonyl (C=O) groups is 2. The predicted molar refractivity (Wildman–Crippen MR) is 80.3 cm³/mol. The van der Waals surface area contributed by atoms with Gasteiger partial charge in [0.2, 0.25) is 11.8 Å². The molecule has 0 bridgehead atoms. The van der Waals surface area contributed by atoms with E-state index < -0.39 is 10.8 Å². The SMILES string of the molecule is NC(=O)C1CCCC1NC(=O)Cc1ccc([N+](=O)[O-])cc1Cl. The molecule has 2 atom stereocenters. The van der Waals surface area contributed by atoms with Crippen LogP contribution in [0.4, 0.5) is 5.69 Å². The molecule has 0 heterocycles. The fraction of sp³-hybridized carbons (Fsp3) is 0.429. The first-order valence-electron chi connectivity index (χ1n) is 6.90. The fourth-order valence-electron chi connectivity index (χ4n) is 2.70.